The van der Waals surface area contributed by atoms with Crippen molar-refractivity contribution in [3.8, 4) is 11.8 Å². The van der Waals surface area contributed by atoms with Crippen molar-refractivity contribution in [2.75, 3.05) is 0 Å². The van der Waals surface area contributed by atoms with E-state index in [1.54, 1.807) is 30.5 Å². The van der Waals surface area contributed by atoms with Gasteiger partial charge in [-0.1, -0.05) is 0 Å². The van der Waals surface area contributed by atoms with Crippen LogP contribution in [-0.2, 0) is 0 Å². The Morgan fingerprint density at radius 2 is 2.06 bits per heavy atom. The molecule has 1 N–H and O–H groups in total. The van der Waals surface area contributed by atoms with Gasteiger partial charge in [-0.3, -0.25) is 4.57 Å². The normalized spacial score (nSPS) is 9.69. The number of aromatic nitrogens is 2. The molecule has 0 saturated carbocycles. The summed E-state index contributed by atoms with van der Waals surface area (Å²) in [4.78, 5) is 14.6. The summed E-state index contributed by atoms with van der Waals surface area (Å²) in [6.45, 7) is 0. The molecule has 1 heterocycles. The van der Waals surface area contributed by atoms with Gasteiger partial charge in [0.15, 0.2) is 0 Å². The summed E-state index contributed by atoms with van der Waals surface area (Å²) in [5, 5.41) is 17.5. The molecule has 5 nitrogen and oxygen atoms in total. The van der Waals surface area contributed by atoms with Crippen LogP contribution < -0.4 is 0 Å². The molecule has 1 aromatic carbocycles. The van der Waals surface area contributed by atoms with Crippen molar-refractivity contribution >= 4 is 5.97 Å². The fourth-order valence-electron chi connectivity index (χ4n) is 1.37. The zero-order chi connectivity index (χ0) is 11.5. The molecule has 2 rings (SSSR count). The van der Waals surface area contributed by atoms with Crippen molar-refractivity contribution in [1.82, 2.24) is 9.55 Å². The summed E-state index contributed by atoms with van der Waals surface area (Å²) < 4.78 is 1.45. The SMILES string of the molecule is N#Cc1ccc(-n2ccnc2C(=O)O)cc1. The second kappa shape index (κ2) is 3.87. The van der Waals surface area contributed by atoms with Crippen LogP contribution in [0.1, 0.15) is 16.2 Å². The molecule has 0 radical (unpaired) electrons. The van der Waals surface area contributed by atoms with Gasteiger partial charge in [-0.05, 0) is 24.3 Å². The molecule has 0 atom stereocenters. The topological polar surface area (TPSA) is 78.9 Å². The number of nitrogens with zero attached hydrogens (tertiary/aromatic N) is 3. The van der Waals surface area contributed by atoms with Gasteiger partial charge in [0.1, 0.15) is 0 Å². The van der Waals surface area contributed by atoms with E-state index < -0.39 is 5.97 Å². The van der Waals surface area contributed by atoms with E-state index in [0.29, 0.717) is 11.3 Å². The molecule has 0 aliphatic heterocycles. The van der Waals surface area contributed by atoms with Gasteiger partial charge in [0.05, 0.1) is 11.6 Å². The standard InChI is InChI=1S/C11H7N3O2/c12-7-8-1-3-9(4-2-8)14-6-5-13-10(14)11(15)16/h1-6H,(H,15,16). The lowest BCUT2D eigenvalue weighted by Gasteiger charge is -2.04. The molecule has 0 aliphatic carbocycles. The van der Waals surface area contributed by atoms with Crippen LogP contribution >= 0.6 is 0 Å². The maximum absolute atomic E-state index is 10.8. The number of hydrogen-bond acceptors (Lipinski definition) is 3. The highest BCUT2D eigenvalue weighted by molar-refractivity contribution is 5.84. The molecule has 0 unspecified atom stereocenters. The maximum atomic E-state index is 10.8. The first-order chi connectivity index (χ1) is 7.72. The lowest BCUT2D eigenvalue weighted by atomic mass is 10.2. The minimum absolute atomic E-state index is 0.0512. The monoisotopic (exact) mass is 213 g/mol. The summed E-state index contributed by atoms with van der Waals surface area (Å²) in [5.74, 6) is -1.14. The predicted octanol–water partition coefficient (Wildman–Crippen LogP) is 1.44. The van der Waals surface area contributed by atoms with Crippen LogP contribution in [0.4, 0.5) is 0 Å². The van der Waals surface area contributed by atoms with Crippen LogP contribution in [0.25, 0.3) is 5.69 Å². The second-order valence-corrected chi connectivity index (χ2v) is 3.08. The third-order valence-corrected chi connectivity index (χ3v) is 2.11. The average Bonchev–Trinajstić information content (AvgIpc) is 2.78. The number of aromatic carboxylic acids is 1. The van der Waals surface area contributed by atoms with Gasteiger partial charge in [0.25, 0.3) is 0 Å². The number of imidazole rings is 1. The molecular formula is C11H7N3O2. The minimum atomic E-state index is -1.09. The fourth-order valence-corrected chi connectivity index (χ4v) is 1.37. The quantitative estimate of drug-likeness (QED) is 0.818. The van der Waals surface area contributed by atoms with Gasteiger partial charge in [-0.2, -0.15) is 5.26 Å². The number of carboxylic acid groups (broad SMARTS) is 1. The Balaban J connectivity index is 2.47. The number of carbonyl (C=O) groups is 1. The molecule has 0 spiro atoms. The second-order valence-electron chi connectivity index (χ2n) is 3.08. The molecule has 0 bridgehead atoms. The van der Waals surface area contributed by atoms with Gasteiger partial charge in [-0.15, -0.1) is 0 Å². The Kier molecular flexibility index (Phi) is 2.40. The summed E-state index contributed by atoms with van der Waals surface area (Å²) in [6, 6.07) is 8.59. The van der Waals surface area contributed by atoms with E-state index in [4.69, 9.17) is 10.4 Å². The molecular weight excluding hydrogens is 206 g/mol. The van der Waals surface area contributed by atoms with Crippen molar-refractivity contribution in [2.45, 2.75) is 0 Å². The van der Waals surface area contributed by atoms with Crippen molar-refractivity contribution < 1.29 is 9.90 Å². The summed E-state index contributed by atoms with van der Waals surface area (Å²) in [5.41, 5.74) is 1.19. The van der Waals surface area contributed by atoms with E-state index in [-0.39, 0.29) is 5.82 Å². The lowest BCUT2D eigenvalue weighted by molar-refractivity contribution is 0.0681. The zero-order valence-corrected chi connectivity index (χ0v) is 8.16. The lowest BCUT2D eigenvalue weighted by Crippen LogP contribution is -2.07. The van der Waals surface area contributed by atoms with Crippen molar-refractivity contribution in [3.05, 3.63) is 48.0 Å². The largest absolute Gasteiger partial charge is 0.475 e. The third kappa shape index (κ3) is 1.64. The first-order valence-corrected chi connectivity index (χ1v) is 4.49. The van der Waals surface area contributed by atoms with E-state index in [0.717, 1.165) is 0 Å². The summed E-state index contributed by atoms with van der Waals surface area (Å²) in [6.07, 6.45) is 2.98. The molecule has 0 fully saturated rings. The van der Waals surface area contributed by atoms with Crippen LogP contribution in [0.15, 0.2) is 36.7 Å². The highest BCUT2D eigenvalue weighted by Crippen LogP contribution is 2.11. The summed E-state index contributed by atoms with van der Waals surface area (Å²) in [7, 11) is 0. The third-order valence-electron chi connectivity index (χ3n) is 2.11. The van der Waals surface area contributed by atoms with Gasteiger partial charge >= 0.3 is 5.97 Å². The number of benzene rings is 1. The van der Waals surface area contributed by atoms with E-state index in [1.807, 2.05) is 6.07 Å². The van der Waals surface area contributed by atoms with E-state index in [2.05, 4.69) is 4.98 Å². The Bertz CT molecular complexity index is 564. The smallest absolute Gasteiger partial charge is 0.372 e. The van der Waals surface area contributed by atoms with Gasteiger partial charge in [0.2, 0.25) is 5.82 Å². The van der Waals surface area contributed by atoms with Gasteiger partial charge < -0.3 is 5.11 Å². The van der Waals surface area contributed by atoms with Crippen molar-refractivity contribution in [3.63, 3.8) is 0 Å². The van der Waals surface area contributed by atoms with Crippen molar-refractivity contribution in [2.24, 2.45) is 0 Å². The highest BCUT2D eigenvalue weighted by atomic mass is 16.4. The van der Waals surface area contributed by atoms with E-state index in [1.165, 1.54) is 10.8 Å². The maximum Gasteiger partial charge on any atom is 0.372 e. The number of nitriles is 1. The number of rotatable bonds is 2. The molecule has 78 valence electrons. The zero-order valence-electron chi connectivity index (χ0n) is 8.16. The van der Waals surface area contributed by atoms with Crippen LogP contribution in [0, 0.1) is 11.3 Å². The Labute approximate surface area is 91.2 Å². The van der Waals surface area contributed by atoms with Crippen LogP contribution in [-0.4, -0.2) is 20.6 Å². The predicted molar refractivity (Wildman–Crippen MR) is 55.2 cm³/mol. The average molecular weight is 213 g/mol. The molecule has 0 aliphatic rings. The Hall–Kier alpha value is -2.61. The van der Waals surface area contributed by atoms with Crippen LogP contribution in [0.5, 0.6) is 0 Å². The molecule has 0 saturated heterocycles. The Morgan fingerprint density at radius 1 is 1.38 bits per heavy atom. The molecule has 0 amide bonds. The molecule has 1 aromatic heterocycles. The minimum Gasteiger partial charge on any atom is -0.475 e. The van der Waals surface area contributed by atoms with Crippen LogP contribution in [0.2, 0.25) is 0 Å². The van der Waals surface area contributed by atoms with Crippen LogP contribution in [0.3, 0.4) is 0 Å². The van der Waals surface area contributed by atoms with Gasteiger partial charge in [-0.25, -0.2) is 9.78 Å². The van der Waals surface area contributed by atoms with E-state index in [9.17, 15) is 4.79 Å². The first kappa shape index (κ1) is 9.93. The highest BCUT2D eigenvalue weighted by Gasteiger charge is 2.11. The van der Waals surface area contributed by atoms with Crippen molar-refractivity contribution in [1.29, 1.82) is 5.26 Å². The molecule has 5 heteroatoms. The summed E-state index contributed by atoms with van der Waals surface area (Å²) >= 11 is 0. The Morgan fingerprint density at radius 3 is 2.62 bits per heavy atom. The number of carboxylic acids is 1. The molecule has 2 aromatic rings. The van der Waals surface area contributed by atoms with Gasteiger partial charge in [0, 0.05) is 18.1 Å². The van der Waals surface area contributed by atoms with E-state index >= 15 is 0 Å². The molecule has 16 heavy (non-hydrogen) atoms. The fraction of sp³-hybridized carbons (Fsp3) is 0. The first-order valence-electron chi connectivity index (χ1n) is 4.49. The number of hydrogen-bond donors (Lipinski definition) is 1.